The van der Waals surface area contributed by atoms with Gasteiger partial charge in [0.25, 0.3) is 0 Å². The molecule has 0 N–H and O–H groups in total. The fourth-order valence-corrected chi connectivity index (χ4v) is 2.01. The van der Waals surface area contributed by atoms with Gasteiger partial charge in [-0.25, -0.2) is 0 Å². The smallest absolute Gasteiger partial charge is 0.549 e. The Balaban J connectivity index is 0. The molecule has 5 heteroatoms. The van der Waals surface area contributed by atoms with E-state index in [0.29, 0.717) is 0 Å². The van der Waals surface area contributed by atoms with Crippen molar-refractivity contribution in [2.24, 2.45) is 17.8 Å². The molecule has 0 aromatic rings. The van der Waals surface area contributed by atoms with Crippen LogP contribution < -0.4 is 10.2 Å². The van der Waals surface area contributed by atoms with Crippen molar-refractivity contribution in [3.63, 3.8) is 0 Å². The molecule has 0 aromatic carbocycles. The Bertz CT molecular complexity index is 216. The second-order valence-corrected chi connectivity index (χ2v) is 3.93. The molecule has 0 spiro atoms. The van der Waals surface area contributed by atoms with E-state index in [1.54, 1.807) is 6.92 Å². The number of carboxylic acids is 2. The first-order valence-corrected chi connectivity index (χ1v) is 5.37. The summed E-state index contributed by atoms with van der Waals surface area (Å²) in [4.78, 5) is 21.4. The van der Waals surface area contributed by atoms with Crippen molar-refractivity contribution in [3.8, 4) is 0 Å². The minimum absolute atomic E-state index is 0. The first-order valence-electron chi connectivity index (χ1n) is 5.37. The standard InChI is InChI=1S/C11H20O4.Mg/c1-4-6-8(5-2)7(3)9(10(12)13)11(14)15;/h7-9H,4-6H2,1-3H3,(H,12,13)(H,14,15);/q;+2/p-2. The summed E-state index contributed by atoms with van der Waals surface area (Å²) in [5.74, 6) is -4.93. The molecule has 0 bridgehead atoms. The van der Waals surface area contributed by atoms with Crippen molar-refractivity contribution in [1.29, 1.82) is 0 Å². The maximum atomic E-state index is 10.7. The quantitative estimate of drug-likeness (QED) is 0.429. The van der Waals surface area contributed by atoms with Crippen LogP contribution in [0.15, 0.2) is 0 Å². The molecular formula is C11H18MgO4. The van der Waals surface area contributed by atoms with E-state index in [9.17, 15) is 19.8 Å². The molecule has 16 heavy (non-hydrogen) atoms. The van der Waals surface area contributed by atoms with Crippen molar-refractivity contribution in [2.45, 2.75) is 40.0 Å². The van der Waals surface area contributed by atoms with E-state index in [4.69, 9.17) is 0 Å². The van der Waals surface area contributed by atoms with E-state index in [1.807, 2.05) is 13.8 Å². The van der Waals surface area contributed by atoms with Crippen LogP contribution in [0, 0.1) is 17.8 Å². The van der Waals surface area contributed by atoms with Crippen LogP contribution in [0.5, 0.6) is 0 Å². The van der Waals surface area contributed by atoms with Gasteiger partial charge in [-0.15, -0.1) is 0 Å². The molecule has 2 atom stereocenters. The number of carbonyl (C=O) groups excluding carboxylic acids is 2. The largest absolute Gasteiger partial charge is 2.00 e. The van der Waals surface area contributed by atoms with E-state index in [1.165, 1.54) is 0 Å². The van der Waals surface area contributed by atoms with Crippen molar-refractivity contribution in [3.05, 3.63) is 0 Å². The van der Waals surface area contributed by atoms with Crippen LogP contribution in [0.4, 0.5) is 0 Å². The van der Waals surface area contributed by atoms with E-state index in [0.717, 1.165) is 19.3 Å². The SMILES string of the molecule is CCCC(CC)C(C)C(C(=O)[O-])C(=O)[O-].[Mg+2]. The number of carbonyl (C=O) groups is 2. The van der Waals surface area contributed by atoms with Crippen LogP contribution in [-0.2, 0) is 9.59 Å². The van der Waals surface area contributed by atoms with Crippen LogP contribution >= 0.6 is 0 Å². The molecule has 0 rings (SSSR count). The van der Waals surface area contributed by atoms with Gasteiger partial charge in [-0.05, 0) is 11.8 Å². The summed E-state index contributed by atoms with van der Waals surface area (Å²) in [7, 11) is 0. The van der Waals surface area contributed by atoms with Gasteiger partial charge < -0.3 is 19.8 Å². The molecule has 2 unspecified atom stereocenters. The number of aliphatic carboxylic acids is 2. The summed E-state index contributed by atoms with van der Waals surface area (Å²) in [5, 5.41) is 21.4. The van der Waals surface area contributed by atoms with Gasteiger partial charge in [-0.1, -0.05) is 40.0 Å². The van der Waals surface area contributed by atoms with Gasteiger partial charge in [0.15, 0.2) is 0 Å². The van der Waals surface area contributed by atoms with Crippen LogP contribution in [0.2, 0.25) is 0 Å². The Morgan fingerprint density at radius 3 is 1.81 bits per heavy atom. The number of carboxylic acid groups (broad SMARTS) is 2. The van der Waals surface area contributed by atoms with Crippen LogP contribution in [0.25, 0.3) is 0 Å². The molecule has 88 valence electrons. The number of hydrogen-bond donors (Lipinski definition) is 0. The van der Waals surface area contributed by atoms with E-state index < -0.39 is 23.8 Å². The first-order chi connectivity index (χ1) is 6.95. The molecule has 0 heterocycles. The minimum Gasteiger partial charge on any atom is -0.549 e. The Morgan fingerprint density at radius 2 is 1.56 bits per heavy atom. The van der Waals surface area contributed by atoms with E-state index in [2.05, 4.69) is 0 Å². The predicted octanol–water partition coefficient (Wildman–Crippen LogP) is -0.816. The van der Waals surface area contributed by atoms with Crippen LogP contribution in [-0.4, -0.2) is 35.0 Å². The third kappa shape index (κ3) is 5.16. The van der Waals surface area contributed by atoms with Gasteiger partial charge in [0.1, 0.15) is 0 Å². The molecule has 0 fully saturated rings. The molecule has 0 aliphatic rings. The van der Waals surface area contributed by atoms with Gasteiger partial charge in [0.05, 0.1) is 11.9 Å². The van der Waals surface area contributed by atoms with Gasteiger partial charge in [0.2, 0.25) is 0 Å². The monoisotopic (exact) mass is 238 g/mol. The molecule has 0 saturated carbocycles. The maximum Gasteiger partial charge on any atom is 2.00 e. The number of rotatable bonds is 7. The van der Waals surface area contributed by atoms with Gasteiger partial charge in [0, 0.05) is 5.92 Å². The average Bonchev–Trinajstić information content (AvgIpc) is 2.12. The van der Waals surface area contributed by atoms with Crippen LogP contribution in [0.3, 0.4) is 0 Å². The molecular weight excluding hydrogens is 220 g/mol. The Hall–Kier alpha value is -0.294. The average molecular weight is 239 g/mol. The van der Waals surface area contributed by atoms with E-state index >= 15 is 0 Å². The minimum atomic E-state index is -1.54. The predicted molar refractivity (Wildman–Crippen MR) is 57.1 cm³/mol. The maximum absolute atomic E-state index is 10.7. The second kappa shape index (κ2) is 8.81. The van der Waals surface area contributed by atoms with Crippen molar-refractivity contribution in [2.75, 3.05) is 0 Å². The van der Waals surface area contributed by atoms with Crippen molar-refractivity contribution in [1.82, 2.24) is 0 Å². The zero-order valence-electron chi connectivity index (χ0n) is 10.2. The summed E-state index contributed by atoms with van der Waals surface area (Å²) in [6.45, 7) is 5.56. The molecule has 4 nitrogen and oxygen atoms in total. The third-order valence-corrected chi connectivity index (χ3v) is 2.96. The molecule has 0 aliphatic heterocycles. The molecule has 0 radical (unpaired) electrons. The van der Waals surface area contributed by atoms with Crippen molar-refractivity contribution >= 4 is 35.0 Å². The van der Waals surface area contributed by atoms with Gasteiger partial charge in [-0.2, -0.15) is 0 Å². The van der Waals surface area contributed by atoms with E-state index in [-0.39, 0.29) is 29.0 Å². The molecule has 0 saturated heterocycles. The number of hydrogen-bond acceptors (Lipinski definition) is 4. The summed E-state index contributed by atoms with van der Waals surface area (Å²) in [6, 6.07) is 0. The zero-order chi connectivity index (χ0) is 12.0. The molecule has 0 amide bonds. The summed E-state index contributed by atoms with van der Waals surface area (Å²) < 4.78 is 0. The fraction of sp³-hybridized carbons (Fsp3) is 0.818. The topological polar surface area (TPSA) is 80.3 Å². The summed E-state index contributed by atoms with van der Waals surface area (Å²) in [5.41, 5.74) is 0. The van der Waals surface area contributed by atoms with Gasteiger partial charge >= 0.3 is 23.1 Å². The Kier molecular flexibility index (Phi) is 9.96. The zero-order valence-corrected chi connectivity index (χ0v) is 11.6. The summed E-state index contributed by atoms with van der Waals surface area (Å²) >= 11 is 0. The third-order valence-electron chi connectivity index (χ3n) is 2.96. The second-order valence-electron chi connectivity index (χ2n) is 3.93. The Labute approximate surface area is 113 Å². The summed E-state index contributed by atoms with van der Waals surface area (Å²) in [6.07, 6.45) is 2.51. The molecule has 0 aromatic heterocycles. The van der Waals surface area contributed by atoms with Crippen molar-refractivity contribution < 1.29 is 19.8 Å². The normalized spacial score (nSPS) is 14.0. The fourth-order valence-electron chi connectivity index (χ4n) is 2.01. The van der Waals surface area contributed by atoms with Crippen LogP contribution in [0.1, 0.15) is 40.0 Å². The Morgan fingerprint density at radius 1 is 1.12 bits per heavy atom. The first kappa shape index (κ1) is 18.1. The molecule has 0 aliphatic carbocycles. The van der Waals surface area contributed by atoms with Gasteiger partial charge in [-0.3, -0.25) is 0 Å².